The van der Waals surface area contributed by atoms with Gasteiger partial charge in [0, 0.05) is 48.0 Å². The topological polar surface area (TPSA) is 85.4 Å². The predicted molar refractivity (Wildman–Crippen MR) is 153 cm³/mol. The van der Waals surface area contributed by atoms with E-state index in [4.69, 9.17) is 4.74 Å². The highest BCUT2D eigenvalue weighted by atomic mass is 19.3. The van der Waals surface area contributed by atoms with Gasteiger partial charge in [0.25, 0.3) is 6.43 Å². The largest absolute Gasteiger partial charge is 0.464 e. The van der Waals surface area contributed by atoms with E-state index in [1.165, 1.54) is 23.3 Å². The van der Waals surface area contributed by atoms with Crippen LogP contribution in [0.1, 0.15) is 61.7 Å². The number of fused-ring (bicyclic) bond motifs is 2. The van der Waals surface area contributed by atoms with Crippen molar-refractivity contribution in [1.82, 2.24) is 19.3 Å². The van der Waals surface area contributed by atoms with Crippen molar-refractivity contribution in [3.05, 3.63) is 65.4 Å². The first kappa shape index (κ1) is 28.3. The minimum atomic E-state index is -2.78. The molecule has 42 heavy (non-hydrogen) atoms. The summed E-state index contributed by atoms with van der Waals surface area (Å²) in [6, 6.07) is 8.10. The van der Waals surface area contributed by atoms with Crippen LogP contribution in [0.4, 0.5) is 18.9 Å². The first-order chi connectivity index (χ1) is 20.1. The second-order valence-corrected chi connectivity index (χ2v) is 11.5. The molecular formula is C31H34F3N5O3. The number of hydrogen-bond donors (Lipinski definition) is 1. The van der Waals surface area contributed by atoms with Crippen LogP contribution in [-0.4, -0.2) is 61.9 Å². The Labute approximate surface area is 241 Å². The molecule has 222 valence electrons. The smallest absolute Gasteiger partial charge is 0.337 e. The molecule has 2 aliphatic rings. The van der Waals surface area contributed by atoms with Crippen molar-refractivity contribution >= 4 is 22.6 Å². The Balaban J connectivity index is 1.41. The molecule has 2 aliphatic heterocycles. The monoisotopic (exact) mass is 581 g/mol. The molecule has 2 aromatic carbocycles. The Hall–Kier alpha value is -3.86. The number of alkyl halides is 3. The van der Waals surface area contributed by atoms with Gasteiger partial charge in [0.1, 0.15) is 6.17 Å². The SMILES string of the molecule is CCOC(=O)C(c1ncn2c1C[C@@H](F)C2)n1cc2c(C(F)F)cc(-c3ccc(N4CCC(C)(O)CC4)cc3)c(C)c2n1. The minimum absolute atomic E-state index is 0.101. The van der Waals surface area contributed by atoms with E-state index >= 15 is 0 Å². The number of hydrogen-bond acceptors (Lipinski definition) is 6. The molecule has 8 nitrogen and oxygen atoms in total. The van der Waals surface area contributed by atoms with Gasteiger partial charge in [-0.1, -0.05) is 12.1 Å². The Kier molecular flexibility index (Phi) is 7.24. The lowest BCUT2D eigenvalue weighted by molar-refractivity contribution is -0.146. The molecule has 4 heterocycles. The van der Waals surface area contributed by atoms with Crippen molar-refractivity contribution in [1.29, 1.82) is 0 Å². The van der Waals surface area contributed by atoms with E-state index in [-0.39, 0.29) is 30.5 Å². The zero-order chi connectivity index (χ0) is 29.8. The van der Waals surface area contributed by atoms with Crippen molar-refractivity contribution in [2.24, 2.45) is 0 Å². The number of aryl methyl sites for hydroxylation is 1. The van der Waals surface area contributed by atoms with Crippen LogP contribution in [-0.2, 0) is 22.5 Å². The van der Waals surface area contributed by atoms with Crippen LogP contribution in [0.3, 0.4) is 0 Å². The number of carbonyl (C=O) groups is 1. The molecule has 0 saturated carbocycles. The van der Waals surface area contributed by atoms with Crippen molar-refractivity contribution in [3.8, 4) is 11.1 Å². The Bertz CT molecular complexity index is 1620. The Morgan fingerprint density at radius 2 is 1.93 bits per heavy atom. The molecule has 2 aromatic heterocycles. The average Bonchev–Trinajstić information content (AvgIpc) is 3.65. The molecular weight excluding hydrogens is 547 g/mol. The standard InChI is InChI=1S/C31H34F3N5O3/c1-4-42-30(40)28(27-25-13-20(32)15-38(25)17-35-27)39-16-24-23(29(33)34)14-22(18(2)26(24)36-39)19-5-7-21(8-6-19)37-11-9-31(3,41)10-12-37/h5-8,14,16-17,20,28-29,41H,4,9-13,15H2,1-3H3/t20-,28?/m1/s1. The summed E-state index contributed by atoms with van der Waals surface area (Å²) >= 11 is 0. The van der Waals surface area contributed by atoms with Gasteiger partial charge >= 0.3 is 5.97 Å². The summed E-state index contributed by atoms with van der Waals surface area (Å²) in [5.74, 6) is -0.639. The number of imidazole rings is 1. The van der Waals surface area contributed by atoms with Crippen LogP contribution in [0.15, 0.2) is 42.9 Å². The van der Waals surface area contributed by atoms with Crippen LogP contribution in [0, 0.1) is 6.92 Å². The third kappa shape index (κ3) is 5.04. The number of benzene rings is 2. The first-order valence-corrected chi connectivity index (χ1v) is 14.3. The lowest BCUT2D eigenvalue weighted by Crippen LogP contribution is -2.42. The van der Waals surface area contributed by atoms with Gasteiger partial charge in [-0.25, -0.2) is 22.9 Å². The zero-order valence-electron chi connectivity index (χ0n) is 23.9. The Morgan fingerprint density at radius 3 is 2.60 bits per heavy atom. The lowest BCUT2D eigenvalue weighted by Gasteiger charge is -2.37. The Morgan fingerprint density at radius 1 is 1.21 bits per heavy atom. The fourth-order valence-electron chi connectivity index (χ4n) is 6.14. The third-order valence-electron chi connectivity index (χ3n) is 8.54. The first-order valence-electron chi connectivity index (χ1n) is 14.3. The van der Waals surface area contributed by atoms with E-state index in [2.05, 4.69) is 15.0 Å². The number of esters is 1. The van der Waals surface area contributed by atoms with Gasteiger partial charge in [-0.15, -0.1) is 0 Å². The van der Waals surface area contributed by atoms with Crippen LogP contribution >= 0.6 is 0 Å². The molecule has 0 bridgehead atoms. The number of nitrogens with zero attached hydrogens (tertiary/aromatic N) is 5. The molecule has 2 atom stereocenters. The highest BCUT2D eigenvalue weighted by Gasteiger charge is 2.35. The van der Waals surface area contributed by atoms with Crippen LogP contribution in [0.2, 0.25) is 0 Å². The fraction of sp³-hybridized carbons (Fsp3) is 0.452. The maximum absolute atomic E-state index is 14.5. The van der Waals surface area contributed by atoms with Crippen LogP contribution < -0.4 is 4.90 Å². The number of aliphatic hydroxyl groups is 1. The van der Waals surface area contributed by atoms with Crippen molar-refractivity contribution < 1.29 is 27.8 Å². The molecule has 0 spiro atoms. The summed E-state index contributed by atoms with van der Waals surface area (Å²) in [5.41, 5.74) is 3.46. The number of piperidine rings is 1. The highest BCUT2D eigenvalue weighted by Crippen LogP contribution is 2.38. The van der Waals surface area contributed by atoms with E-state index in [9.17, 15) is 23.1 Å². The number of halogens is 3. The summed E-state index contributed by atoms with van der Waals surface area (Å²) in [4.78, 5) is 19.8. The molecule has 4 aromatic rings. The molecule has 11 heteroatoms. The maximum Gasteiger partial charge on any atom is 0.337 e. The van der Waals surface area contributed by atoms with Gasteiger partial charge in [0.15, 0.2) is 6.04 Å². The summed E-state index contributed by atoms with van der Waals surface area (Å²) in [6.45, 7) is 7.08. The molecule has 0 amide bonds. The molecule has 6 rings (SSSR count). The predicted octanol–water partition coefficient (Wildman–Crippen LogP) is 5.54. The minimum Gasteiger partial charge on any atom is -0.464 e. The lowest BCUT2D eigenvalue weighted by atomic mass is 9.93. The van der Waals surface area contributed by atoms with E-state index < -0.39 is 30.2 Å². The maximum atomic E-state index is 14.5. The highest BCUT2D eigenvalue weighted by molar-refractivity contribution is 5.92. The number of aromatic nitrogens is 4. The quantitative estimate of drug-likeness (QED) is 0.289. The molecule has 0 radical (unpaired) electrons. The number of rotatable bonds is 7. The van der Waals surface area contributed by atoms with Crippen LogP contribution in [0.25, 0.3) is 22.0 Å². The molecule has 1 unspecified atom stereocenters. The van der Waals surface area contributed by atoms with Gasteiger partial charge in [-0.3, -0.25) is 4.68 Å². The molecule has 1 fully saturated rings. The number of ether oxygens (including phenoxy) is 1. The summed E-state index contributed by atoms with van der Waals surface area (Å²) in [6.07, 6.45) is 0.509. The fourth-order valence-corrected chi connectivity index (χ4v) is 6.14. The van der Waals surface area contributed by atoms with Gasteiger partial charge in [-0.2, -0.15) is 5.10 Å². The van der Waals surface area contributed by atoms with Gasteiger partial charge in [-0.05, 0) is 68.5 Å². The number of carbonyl (C=O) groups excluding carboxylic acids is 1. The van der Waals surface area contributed by atoms with Gasteiger partial charge < -0.3 is 19.3 Å². The molecule has 1 N–H and O–H groups in total. The van der Waals surface area contributed by atoms with E-state index in [1.807, 2.05) is 38.1 Å². The third-order valence-corrected chi connectivity index (χ3v) is 8.54. The number of anilines is 1. The van der Waals surface area contributed by atoms with Crippen LogP contribution in [0.5, 0.6) is 0 Å². The van der Waals surface area contributed by atoms with E-state index in [1.54, 1.807) is 11.5 Å². The summed E-state index contributed by atoms with van der Waals surface area (Å²) in [5, 5.41) is 15.2. The summed E-state index contributed by atoms with van der Waals surface area (Å²) in [7, 11) is 0. The normalized spacial score (nSPS) is 19.0. The summed E-state index contributed by atoms with van der Waals surface area (Å²) < 4.78 is 51.4. The second kappa shape index (κ2) is 10.8. The van der Waals surface area contributed by atoms with Crippen molar-refractivity contribution in [2.45, 2.75) is 70.8 Å². The van der Waals surface area contributed by atoms with E-state index in [0.717, 1.165) is 24.3 Å². The van der Waals surface area contributed by atoms with Gasteiger partial charge in [0.05, 0.1) is 36.3 Å². The average molecular weight is 582 g/mol. The van der Waals surface area contributed by atoms with E-state index in [0.29, 0.717) is 40.9 Å². The zero-order valence-corrected chi connectivity index (χ0v) is 23.9. The van der Waals surface area contributed by atoms with Crippen molar-refractivity contribution in [3.63, 3.8) is 0 Å². The molecule has 0 aliphatic carbocycles. The second-order valence-electron chi connectivity index (χ2n) is 11.5. The molecule has 1 saturated heterocycles. The van der Waals surface area contributed by atoms with Crippen molar-refractivity contribution in [2.75, 3.05) is 24.6 Å². The van der Waals surface area contributed by atoms with Gasteiger partial charge in [0.2, 0.25) is 0 Å².